The third-order valence-electron chi connectivity index (χ3n) is 3.78. The van der Waals surface area contributed by atoms with Gasteiger partial charge in [-0.2, -0.15) is 0 Å². The van der Waals surface area contributed by atoms with Crippen molar-refractivity contribution < 1.29 is 9.21 Å². The van der Waals surface area contributed by atoms with Gasteiger partial charge in [0.15, 0.2) is 0 Å². The van der Waals surface area contributed by atoms with E-state index in [2.05, 4.69) is 0 Å². The van der Waals surface area contributed by atoms with E-state index in [4.69, 9.17) is 10.2 Å². The van der Waals surface area contributed by atoms with Crippen molar-refractivity contribution in [1.82, 2.24) is 0 Å². The maximum atomic E-state index is 12.6. The molecular weight excluding hydrogens is 268 g/mol. The highest BCUT2D eigenvalue weighted by molar-refractivity contribution is 6.07. The zero-order chi connectivity index (χ0) is 14.8. The third-order valence-corrected chi connectivity index (χ3v) is 3.78. The molecule has 1 aliphatic heterocycles. The van der Waals surface area contributed by atoms with Gasteiger partial charge in [-0.15, -0.1) is 0 Å². The standard InChI is InChI=1S/C16H16N2O3/c17-8-7-11-9-18(14-4-2-1-3-13(11)14)16(20)12-5-6-15(19)21-10-12/h1-6,10-11H,7-9,17H2. The Kier molecular flexibility index (Phi) is 3.58. The van der Waals surface area contributed by atoms with E-state index in [1.54, 1.807) is 4.90 Å². The van der Waals surface area contributed by atoms with Gasteiger partial charge in [0.2, 0.25) is 0 Å². The number of fused-ring (bicyclic) bond motifs is 1. The molecule has 2 aromatic rings. The molecule has 1 unspecified atom stereocenters. The molecule has 108 valence electrons. The fourth-order valence-corrected chi connectivity index (χ4v) is 2.77. The molecule has 0 saturated carbocycles. The van der Waals surface area contributed by atoms with Crippen LogP contribution in [0.1, 0.15) is 28.3 Å². The second-order valence-corrected chi connectivity index (χ2v) is 5.09. The predicted molar refractivity (Wildman–Crippen MR) is 79.5 cm³/mol. The van der Waals surface area contributed by atoms with E-state index in [0.717, 1.165) is 17.7 Å². The monoisotopic (exact) mass is 284 g/mol. The Bertz CT molecular complexity index is 703. The Labute approximate surface area is 122 Å². The zero-order valence-electron chi connectivity index (χ0n) is 11.5. The van der Waals surface area contributed by atoms with Crippen LogP contribution in [0.2, 0.25) is 0 Å². The second kappa shape index (κ2) is 5.54. The van der Waals surface area contributed by atoms with Crippen LogP contribution in [0, 0.1) is 0 Å². The van der Waals surface area contributed by atoms with Gasteiger partial charge in [-0.1, -0.05) is 18.2 Å². The average Bonchev–Trinajstić information content (AvgIpc) is 2.87. The summed E-state index contributed by atoms with van der Waals surface area (Å²) in [5, 5.41) is 0. The van der Waals surface area contributed by atoms with Crippen molar-refractivity contribution in [2.45, 2.75) is 12.3 Å². The highest BCUT2D eigenvalue weighted by Gasteiger charge is 2.32. The first-order valence-electron chi connectivity index (χ1n) is 6.90. The van der Waals surface area contributed by atoms with Crippen LogP contribution in [-0.2, 0) is 0 Å². The molecule has 0 aliphatic carbocycles. The number of benzene rings is 1. The molecule has 3 rings (SSSR count). The molecule has 1 amide bonds. The molecule has 2 N–H and O–H groups in total. The molecular formula is C16H16N2O3. The number of carbonyl (C=O) groups is 1. The van der Waals surface area contributed by atoms with Crippen LogP contribution in [0.25, 0.3) is 0 Å². The number of nitrogens with two attached hydrogens (primary N) is 1. The first-order chi connectivity index (χ1) is 10.2. The highest BCUT2D eigenvalue weighted by Crippen LogP contribution is 2.38. The first-order valence-corrected chi connectivity index (χ1v) is 6.90. The summed E-state index contributed by atoms with van der Waals surface area (Å²) in [7, 11) is 0. The summed E-state index contributed by atoms with van der Waals surface area (Å²) < 4.78 is 4.78. The van der Waals surface area contributed by atoms with Crippen LogP contribution in [0.4, 0.5) is 5.69 Å². The van der Waals surface area contributed by atoms with Crippen LogP contribution >= 0.6 is 0 Å². The predicted octanol–water partition coefficient (Wildman–Crippen LogP) is 1.73. The normalized spacial score (nSPS) is 16.8. The minimum atomic E-state index is -0.464. The van der Waals surface area contributed by atoms with Gasteiger partial charge in [0.1, 0.15) is 6.26 Å². The molecule has 0 fully saturated rings. The van der Waals surface area contributed by atoms with Crippen molar-refractivity contribution in [2.24, 2.45) is 5.73 Å². The van der Waals surface area contributed by atoms with Gasteiger partial charge in [-0.3, -0.25) is 4.79 Å². The molecule has 5 heteroatoms. The third kappa shape index (κ3) is 2.48. The molecule has 21 heavy (non-hydrogen) atoms. The van der Waals surface area contributed by atoms with E-state index in [1.165, 1.54) is 18.4 Å². The van der Waals surface area contributed by atoms with Crippen molar-refractivity contribution >= 4 is 11.6 Å². The molecule has 0 saturated heterocycles. The van der Waals surface area contributed by atoms with Gasteiger partial charge >= 0.3 is 5.63 Å². The SMILES string of the molecule is NCCC1CN(C(=O)c2ccc(=O)oc2)c2ccccc21. The van der Waals surface area contributed by atoms with E-state index in [1.807, 2.05) is 24.3 Å². The summed E-state index contributed by atoms with van der Waals surface area (Å²) in [6.45, 7) is 1.19. The fourth-order valence-electron chi connectivity index (χ4n) is 2.77. The lowest BCUT2D eigenvalue weighted by molar-refractivity contribution is 0.0985. The summed E-state index contributed by atoms with van der Waals surface area (Å²) in [5.74, 6) is 0.0941. The molecule has 0 radical (unpaired) electrons. The molecule has 5 nitrogen and oxygen atoms in total. The van der Waals surface area contributed by atoms with Crippen LogP contribution in [0.15, 0.2) is 51.9 Å². The van der Waals surface area contributed by atoms with Crippen LogP contribution in [-0.4, -0.2) is 19.0 Å². The summed E-state index contributed by atoms with van der Waals surface area (Å²) in [5.41, 5.74) is 7.63. The zero-order valence-corrected chi connectivity index (χ0v) is 11.5. The van der Waals surface area contributed by atoms with E-state index in [-0.39, 0.29) is 11.8 Å². The number of para-hydroxylation sites is 1. The van der Waals surface area contributed by atoms with Gasteiger partial charge < -0.3 is 15.1 Å². The Hall–Kier alpha value is -2.40. The Morgan fingerprint density at radius 3 is 2.81 bits per heavy atom. The minimum Gasteiger partial charge on any atom is -0.430 e. The summed E-state index contributed by atoms with van der Waals surface area (Å²) >= 11 is 0. The summed E-state index contributed by atoms with van der Waals surface area (Å²) in [4.78, 5) is 25.3. The quantitative estimate of drug-likeness (QED) is 0.931. The number of hydrogen-bond acceptors (Lipinski definition) is 4. The average molecular weight is 284 g/mol. The summed E-state index contributed by atoms with van der Waals surface area (Å²) in [6.07, 6.45) is 2.05. The Morgan fingerprint density at radius 2 is 2.10 bits per heavy atom. The Morgan fingerprint density at radius 1 is 1.29 bits per heavy atom. The van der Waals surface area contributed by atoms with Gasteiger partial charge in [-0.05, 0) is 30.7 Å². The number of carbonyl (C=O) groups excluding carboxylic acids is 1. The van der Waals surface area contributed by atoms with Gasteiger partial charge in [0.05, 0.1) is 5.56 Å². The number of amides is 1. The van der Waals surface area contributed by atoms with Crippen LogP contribution < -0.4 is 16.3 Å². The fraction of sp³-hybridized carbons (Fsp3) is 0.250. The lowest BCUT2D eigenvalue weighted by atomic mass is 9.98. The van der Waals surface area contributed by atoms with Crippen LogP contribution in [0.3, 0.4) is 0 Å². The number of nitrogens with zero attached hydrogens (tertiary/aromatic N) is 1. The van der Waals surface area contributed by atoms with Crippen molar-refractivity contribution in [3.63, 3.8) is 0 Å². The van der Waals surface area contributed by atoms with Gasteiger partial charge in [0, 0.05) is 24.2 Å². The topological polar surface area (TPSA) is 76.5 Å². The maximum Gasteiger partial charge on any atom is 0.335 e. The maximum absolute atomic E-state index is 12.6. The van der Waals surface area contributed by atoms with Crippen molar-refractivity contribution in [2.75, 3.05) is 18.0 Å². The molecule has 1 atom stereocenters. The minimum absolute atomic E-state index is 0.161. The van der Waals surface area contributed by atoms with Crippen molar-refractivity contribution in [1.29, 1.82) is 0 Å². The van der Waals surface area contributed by atoms with E-state index in [0.29, 0.717) is 18.7 Å². The Balaban J connectivity index is 1.94. The highest BCUT2D eigenvalue weighted by atomic mass is 16.4. The number of rotatable bonds is 3. The number of hydrogen-bond donors (Lipinski definition) is 1. The molecule has 0 bridgehead atoms. The molecule has 1 aliphatic rings. The smallest absolute Gasteiger partial charge is 0.335 e. The first kappa shape index (κ1) is 13.6. The van der Waals surface area contributed by atoms with Gasteiger partial charge in [0.25, 0.3) is 5.91 Å². The van der Waals surface area contributed by atoms with Gasteiger partial charge in [-0.25, -0.2) is 4.79 Å². The largest absolute Gasteiger partial charge is 0.430 e. The molecule has 1 aromatic carbocycles. The lowest BCUT2D eigenvalue weighted by Crippen LogP contribution is -2.30. The van der Waals surface area contributed by atoms with E-state index in [9.17, 15) is 9.59 Å². The van der Waals surface area contributed by atoms with Crippen molar-refractivity contribution in [3.05, 3.63) is 64.2 Å². The number of anilines is 1. The summed E-state index contributed by atoms with van der Waals surface area (Å²) in [6, 6.07) is 10.6. The lowest BCUT2D eigenvalue weighted by Gasteiger charge is -2.17. The molecule has 1 aromatic heterocycles. The van der Waals surface area contributed by atoms with Crippen LogP contribution in [0.5, 0.6) is 0 Å². The second-order valence-electron chi connectivity index (χ2n) is 5.09. The van der Waals surface area contributed by atoms with Crippen molar-refractivity contribution in [3.8, 4) is 0 Å². The molecule has 0 spiro atoms. The van der Waals surface area contributed by atoms with E-state index >= 15 is 0 Å². The van der Waals surface area contributed by atoms with E-state index < -0.39 is 5.63 Å². The molecule has 2 heterocycles.